The Balaban J connectivity index is 1.91. The van der Waals surface area contributed by atoms with Crippen LogP contribution in [-0.2, 0) is 11.3 Å². The minimum Gasteiger partial charge on any atom is -0.352 e. The molecule has 1 aromatic carbocycles. The molecule has 0 atom stereocenters. The van der Waals surface area contributed by atoms with Crippen molar-refractivity contribution in [3.63, 3.8) is 0 Å². The van der Waals surface area contributed by atoms with Gasteiger partial charge in [-0.15, -0.1) is 0 Å². The molecule has 1 aliphatic rings. The average Bonchev–Trinajstić information content (AvgIpc) is 3.05. The molecule has 0 aromatic heterocycles. The van der Waals surface area contributed by atoms with Crippen LogP contribution in [0.4, 0.5) is 5.69 Å². The quantitative estimate of drug-likeness (QED) is 0.586. The van der Waals surface area contributed by atoms with E-state index in [1.54, 1.807) is 7.05 Å². The molecule has 1 aromatic rings. The third-order valence-corrected chi connectivity index (χ3v) is 4.10. The topological polar surface area (TPSA) is 65.5 Å². The maximum atomic E-state index is 12.2. The van der Waals surface area contributed by atoms with E-state index in [1.165, 1.54) is 12.8 Å². The number of anilines is 1. The van der Waals surface area contributed by atoms with E-state index in [2.05, 4.69) is 41.7 Å². The highest BCUT2D eigenvalue weighted by molar-refractivity contribution is 5.92. The van der Waals surface area contributed by atoms with Gasteiger partial charge in [0.15, 0.2) is 5.96 Å². The largest absolute Gasteiger partial charge is 0.352 e. The van der Waals surface area contributed by atoms with Crippen LogP contribution in [0.15, 0.2) is 29.3 Å². The molecule has 1 fully saturated rings. The van der Waals surface area contributed by atoms with Crippen molar-refractivity contribution < 1.29 is 4.79 Å². The van der Waals surface area contributed by atoms with Crippen LogP contribution in [0.25, 0.3) is 0 Å². The molecule has 0 radical (unpaired) electrons. The Bertz CT molecular complexity index is 583. The van der Waals surface area contributed by atoms with Crippen LogP contribution in [0.5, 0.6) is 0 Å². The third-order valence-electron chi connectivity index (χ3n) is 4.10. The van der Waals surface area contributed by atoms with Crippen LogP contribution in [0.2, 0.25) is 0 Å². The van der Waals surface area contributed by atoms with E-state index in [0.717, 1.165) is 30.1 Å². The minimum atomic E-state index is -0.0427. The Kier molecular flexibility index (Phi) is 6.23. The molecule has 5 nitrogen and oxygen atoms in total. The van der Waals surface area contributed by atoms with Crippen LogP contribution in [0.1, 0.15) is 52.0 Å². The highest BCUT2D eigenvalue weighted by Gasteiger charge is 2.22. The fourth-order valence-electron chi connectivity index (χ4n) is 2.91. The first-order chi connectivity index (χ1) is 11.4. The van der Waals surface area contributed by atoms with Gasteiger partial charge in [-0.1, -0.05) is 25.0 Å². The molecule has 1 amide bonds. The third kappa shape index (κ3) is 5.87. The fourth-order valence-corrected chi connectivity index (χ4v) is 2.91. The number of guanidine groups is 1. The van der Waals surface area contributed by atoms with Crippen molar-refractivity contribution in [2.75, 3.05) is 12.4 Å². The van der Waals surface area contributed by atoms with Gasteiger partial charge in [0.25, 0.3) is 0 Å². The molecule has 5 heteroatoms. The van der Waals surface area contributed by atoms with Gasteiger partial charge in [0, 0.05) is 30.7 Å². The Labute approximate surface area is 145 Å². The summed E-state index contributed by atoms with van der Waals surface area (Å²) in [7, 11) is 1.76. The van der Waals surface area contributed by atoms with E-state index in [4.69, 9.17) is 0 Å². The van der Waals surface area contributed by atoms with Gasteiger partial charge in [0.1, 0.15) is 0 Å². The van der Waals surface area contributed by atoms with Gasteiger partial charge < -0.3 is 16.0 Å². The molecular formula is C19H30N4O. The Morgan fingerprint density at radius 3 is 2.58 bits per heavy atom. The van der Waals surface area contributed by atoms with Crippen molar-refractivity contribution in [2.45, 2.75) is 58.5 Å². The molecule has 0 aliphatic heterocycles. The lowest BCUT2D eigenvalue weighted by Gasteiger charge is -2.23. The number of hydrogen-bond donors (Lipinski definition) is 3. The second-order valence-electron chi connectivity index (χ2n) is 7.47. The fraction of sp³-hybridized carbons (Fsp3) is 0.579. The second-order valence-corrected chi connectivity index (χ2v) is 7.47. The van der Waals surface area contributed by atoms with Gasteiger partial charge in [-0.3, -0.25) is 9.79 Å². The molecule has 3 N–H and O–H groups in total. The number of benzene rings is 1. The highest BCUT2D eigenvalue weighted by Crippen LogP contribution is 2.26. The molecule has 0 saturated heterocycles. The van der Waals surface area contributed by atoms with Crippen molar-refractivity contribution >= 4 is 17.6 Å². The molecule has 0 heterocycles. The van der Waals surface area contributed by atoms with Gasteiger partial charge >= 0.3 is 0 Å². The number of amides is 1. The lowest BCUT2D eigenvalue weighted by Crippen LogP contribution is -2.47. The number of rotatable bonds is 4. The Morgan fingerprint density at radius 2 is 1.96 bits per heavy atom. The first kappa shape index (κ1) is 18.3. The molecule has 0 unspecified atom stereocenters. The van der Waals surface area contributed by atoms with E-state index < -0.39 is 0 Å². The smallest absolute Gasteiger partial charge is 0.227 e. The van der Waals surface area contributed by atoms with E-state index >= 15 is 0 Å². The lowest BCUT2D eigenvalue weighted by atomic mass is 10.1. The summed E-state index contributed by atoms with van der Waals surface area (Å²) in [5.74, 6) is 1.10. The molecule has 2 rings (SSSR count). The summed E-state index contributed by atoms with van der Waals surface area (Å²) >= 11 is 0. The number of nitrogens with zero attached hydrogens (tertiary/aromatic N) is 1. The summed E-state index contributed by atoms with van der Waals surface area (Å²) in [5.41, 5.74) is 1.93. The van der Waals surface area contributed by atoms with Crippen molar-refractivity contribution in [1.82, 2.24) is 10.6 Å². The van der Waals surface area contributed by atoms with E-state index in [9.17, 15) is 4.79 Å². The molecule has 0 spiro atoms. The Morgan fingerprint density at radius 1 is 1.25 bits per heavy atom. The van der Waals surface area contributed by atoms with Crippen molar-refractivity contribution in [2.24, 2.45) is 10.9 Å². The van der Waals surface area contributed by atoms with Gasteiger partial charge in [-0.25, -0.2) is 0 Å². The molecule has 24 heavy (non-hydrogen) atoms. The predicted octanol–water partition coefficient (Wildman–Crippen LogP) is 3.28. The summed E-state index contributed by atoms with van der Waals surface area (Å²) in [6.07, 6.45) is 4.37. The number of carbonyl (C=O) groups excluding carboxylic acids is 1. The molecule has 1 aliphatic carbocycles. The second kappa shape index (κ2) is 8.18. The predicted molar refractivity (Wildman–Crippen MR) is 100 cm³/mol. The van der Waals surface area contributed by atoms with Crippen LogP contribution < -0.4 is 16.0 Å². The van der Waals surface area contributed by atoms with E-state index in [1.807, 2.05) is 24.3 Å². The lowest BCUT2D eigenvalue weighted by molar-refractivity contribution is -0.119. The summed E-state index contributed by atoms with van der Waals surface area (Å²) in [5, 5.41) is 9.68. The number of carbonyl (C=O) groups is 1. The standard InChI is InChI=1S/C19H30N4O/c1-19(2,3)23-18(20-4)21-13-14-8-7-11-16(12-14)22-17(24)15-9-5-6-10-15/h7-8,11-12,15H,5-6,9-10,13H2,1-4H3,(H,22,24)(H2,20,21,23). The van der Waals surface area contributed by atoms with Crippen molar-refractivity contribution in [1.29, 1.82) is 0 Å². The molecule has 132 valence electrons. The number of hydrogen-bond acceptors (Lipinski definition) is 2. The Hall–Kier alpha value is -2.04. The van der Waals surface area contributed by atoms with E-state index in [0.29, 0.717) is 6.54 Å². The van der Waals surface area contributed by atoms with Crippen LogP contribution >= 0.6 is 0 Å². The number of nitrogens with one attached hydrogen (secondary N) is 3. The molecular weight excluding hydrogens is 300 g/mol. The zero-order valence-electron chi connectivity index (χ0n) is 15.3. The van der Waals surface area contributed by atoms with Gasteiger partial charge in [-0.05, 0) is 51.3 Å². The van der Waals surface area contributed by atoms with Gasteiger partial charge in [0.2, 0.25) is 5.91 Å². The van der Waals surface area contributed by atoms with Gasteiger partial charge in [-0.2, -0.15) is 0 Å². The summed E-state index contributed by atoms with van der Waals surface area (Å²) in [6, 6.07) is 7.98. The van der Waals surface area contributed by atoms with E-state index in [-0.39, 0.29) is 17.4 Å². The van der Waals surface area contributed by atoms with Crippen molar-refractivity contribution in [3.05, 3.63) is 29.8 Å². The van der Waals surface area contributed by atoms with Crippen LogP contribution in [0.3, 0.4) is 0 Å². The average molecular weight is 330 g/mol. The highest BCUT2D eigenvalue weighted by atomic mass is 16.1. The van der Waals surface area contributed by atoms with Gasteiger partial charge in [0.05, 0.1) is 0 Å². The summed E-state index contributed by atoms with van der Waals surface area (Å²) < 4.78 is 0. The first-order valence-corrected chi connectivity index (χ1v) is 8.76. The first-order valence-electron chi connectivity index (χ1n) is 8.76. The normalized spacial score (nSPS) is 16.1. The maximum absolute atomic E-state index is 12.2. The minimum absolute atomic E-state index is 0.0427. The zero-order chi connectivity index (χ0) is 17.6. The monoisotopic (exact) mass is 330 g/mol. The summed E-state index contributed by atoms with van der Waals surface area (Å²) in [4.78, 5) is 16.5. The van der Waals surface area contributed by atoms with Crippen LogP contribution in [0, 0.1) is 5.92 Å². The zero-order valence-corrected chi connectivity index (χ0v) is 15.3. The van der Waals surface area contributed by atoms with Crippen molar-refractivity contribution in [3.8, 4) is 0 Å². The maximum Gasteiger partial charge on any atom is 0.227 e. The summed E-state index contributed by atoms with van der Waals surface area (Å²) in [6.45, 7) is 6.94. The number of aliphatic imine (C=N–C) groups is 1. The van der Waals surface area contributed by atoms with Crippen LogP contribution in [-0.4, -0.2) is 24.5 Å². The SMILES string of the molecule is CN=C(NCc1cccc(NC(=O)C2CCCC2)c1)NC(C)(C)C. The molecule has 1 saturated carbocycles. The molecule has 0 bridgehead atoms.